The van der Waals surface area contributed by atoms with Crippen LogP contribution in [-0.2, 0) is 6.54 Å². The van der Waals surface area contributed by atoms with Crippen LogP contribution in [0.2, 0.25) is 0 Å². The highest BCUT2D eigenvalue weighted by Crippen LogP contribution is 2.44. The summed E-state index contributed by atoms with van der Waals surface area (Å²) in [6.07, 6.45) is 1.26. The third-order valence-electron chi connectivity index (χ3n) is 4.47. The van der Waals surface area contributed by atoms with Crippen molar-refractivity contribution in [3.05, 3.63) is 47.5 Å². The van der Waals surface area contributed by atoms with E-state index >= 15 is 0 Å². The Hall–Kier alpha value is -2.19. The van der Waals surface area contributed by atoms with Crippen molar-refractivity contribution in [2.45, 2.75) is 17.5 Å². The van der Waals surface area contributed by atoms with Crippen LogP contribution >= 0.6 is 23.5 Å². The molecular formula is C21H26N2O4S2. The lowest BCUT2D eigenvalue weighted by Gasteiger charge is -2.21. The van der Waals surface area contributed by atoms with Crippen molar-refractivity contribution in [3.8, 4) is 17.2 Å². The minimum absolute atomic E-state index is 0.275. The first-order chi connectivity index (χ1) is 14.2. The molecule has 0 aromatic heterocycles. The number of benzene rings is 2. The summed E-state index contributed by atoms with van der Waals surface area (Å²) < 4.78 is 16.6. The van der Waals surface area contributed by atoms with E-state index in [0.717, 1.165) is 11.3 Å². The number of ether oxygens (including phenoxy) is 3. The van der Waals surface area contributed by atoms with E-state index in [-0.39, 0.29) is 6.03 Å². The fraction of sp³-hybridized carbons (Fsp3) is 0.381. The summed E-state index contributed by atoms with van der Waals surface area (Å²) in [7, 11) is 4.69. The third-order valence-corrected chi connectivity index (χ3v) is 7.48. The predicted molar refractivity (Wildman–Crippen MR) is 121 cm³/mol. The largest absolute Gasteiger partial charge is 0.493 e. The Balaban J connectivity index is 1.63. The molecule has 3 rings (SSSR count). The van der Waals surface area contributed by atoms with Crippen molar-refractivity contribution in [2.24, 2.45) is 0 Å². The number of hydrogen-bond acceptors (Lipinski definition) is 6. The number of hydrogen-bond donors (Lipinski definition) is 2. The fourth-order valence-corrected chi connectivity index (χ4v) is 5.97. The summed E-state index contributed by atoms with van der Waals surface area (Å²) in [5.41, 5.74) is 2.81. The monoisotopic (exact) mass is 434 g/mol. The van der Waals surface area contributed by atoms with Crippen molar-refractivity contribution >= 4 is 35.2 Å². The van der Waals surface area contributed by atoms with Crippen LogP contribution in [0.15, 0.2) is 36.4 Å². The second-order valence-corrected chi connectivity index (χ2v) is 9.08. The SMILES string of the molecule is COc1ccc(CNC(=O)Nc2cccc(C3SCCCS3)c2)c(OC)c1OC. The Bertz CT molecular complexity index is 841. The summed E-state index contributed by atoms with van der Waals surface area (Å²) >= 11 is 3.92. The van der Waals surface area contributed by atoms with Crippen LogP contribution in [-0.4, -0.2) is 38.9 Å². The van der Waals surface area contributed by atoms with Crippen molar-refractivity contribution < 1.29 is 19.0 Å². The van der Waals surface area contributed by atoms with Gasteiger partial charge in [0.15, 0.2) is 11.5 Å². The van der Waals surface area contributed by atoms with E-state index in [1.165, 1.54) is 23.5 Å². The molecule has 0 atom stereocenters. The van der Waals surface area contributed by atoms with E-state index in [4.69, 9.17) is 14.2 Å². The molecule has 0 spiro atoms. The highest BCUT2D eigenvalue weighted by molar-refractivity contribution is 8.16. The van der Waals surface area contributed by atoms with Gasteiger partial charge in [-0.3, -0.25) is 0 Å². The zero-order valence-electron chi connectivity index (χ0n) is 16.8. The number of anilines is 1. The Labute approximate surface area is 180 Å². The number of thioether (sulfide) groups is 2. The Kier molecular flexibility index (Phi) is 7.83. The maximum absolute atomic E-state index is 12.4. The third kappa shape index (κ3) is 5.45. The smallest absolute Gasteiger partial charge is 0.319 e. The molecule has 0 bridgehead atoms. The fourth-order valence-electron chi connectivity index (χ4n) is 3.10. The maximum atomic E-state index is 12.4. The van der Waals surface area contributed by atoms with Gasteiger partial charge in [-0.1, -0.05) is 12.1 Å². The van der Waals surface area contributed by atoms with E-state index in [2.05, 4.69) is 16.7 Å². The molecule has 6 nitrogen and oxygen atoms in total. The zero-order chi connectivity index (χ0) is 20.6. The van der Waals surface area contributed by atoms with Gasteiger partial charge >= 0.3 is 6.03 Å². The van der Waals surface area contributed by atoms with Gasteiger partial charge in [0, 0.05) is 17.8 Å². The topological polar surface area (TPSA) is 68.8 Å². The number of amides is 2. The Morgan fingerprint density at radius 2 is 1.79 bits per heavy atom. The maximum Gasteiger partial charge on any atom is 0.319 e. The molecule has 2 N–H and O–H groups in total. The molecule has 8 heteroatoms. The molecule has 0 unspecified atom stereocenters. The van der Waals surface area contributed by atoms with E-state index in [1.54, 1.807) is 27.4 Å². The predicted octanol–water partition coefficient (Wildman–Crippen LogP) is 4.90. The number of methoxy groups -OCH3 is 3. The summed E-state index contributed by atoms with van der Waals surface area (Å²) in [6.45, 7) is 0.295. The summed E-state index contributed by atoms with van der Waals surface area (Å²) in [4.78, 5) is 12.4. The number of carbonyl (C=O) groups excluding carboxylic acids is 1. The van der Waals surface area contributed by atoms with Crippen LogP contribution in [0.1, 0.15) is 22.1 Å². The van der Waals surface area contributed by atoms with E-state index < -0.39 is 0 Å². The minimum Gasteiger partial charge on any atom is -0.493 e. The first kappa shape index (κ1) is 21.5. The molecule has 29 heavy (non-hydrogen) atoms. The first-order valence-corrected chi connectivity index (χ1v) is 11.4. The van der Waals surface area contributed by atoms with Gasteiger partial charge in [0.1, 0.15) is 0 Å². The van der Waals surface area contributed by atoms with Crippen molar-refractivity contribution in [2.75, 3.05) is 38.2 Å². The van der Waals surface area contributed by atoms with E-state index in [9.17, 15) is 4.79 Å². The molecule has 1 aliphatic heterocycles. The van der Waals surface area contributed by atoms with Crippen LogP contribution in [0, 0.1) is 0 Å². The Morgan fingerprint density at radius 1 is 1.03 bits per heavy atom. The number of nitrogens with one attached hydrogen (secondary N) is 2. The molecule has 156 valence electrons. The Morgan fingerprint density at radius 3 is 2.48 bits per heavy atom. The van der Waals surface area contributed by atoms with Gasteiger partial charge in [0.2, 0.25) is 5.75 Å². The van der Waals surface area contributed by atoms with E-state index in [1.807, 2.05) is 47.8 Å². The molecule has 2 amide bonds. The molecule has 2 aromatic rings. The standard InChI is InChI=1S/C21H26N2O4S2/c1-25-17-9-8-15(18(26-2)19(17)27-3)13-22-21(24)23-16-7-4-6-14(12-16)20-28-10-5-11-29-20/h4,6-9,12,20H,5,10-11,13H2,1-3H3,(H2,22,23,24). The van der Waals surface area contributed by atoms with Gasteiger partial charge in [-0.05, 0) is 47.8 Å². The lowest BCUT2D eigenvalue weighted by atomic mass is 10.1. The molecule has 1 saturated heterocycles. The summed E-state index contributed by atoms with van der Waals surface area (Å²) in [5, 5.41) is 5.79. The molecule has 0 saturated carbocycles. The number of rotatable bonds is 7. The van der Waals surface area contributed by atoms with Crippen molar-refractivity contribution in [3.63, 3.8) is 0 Å². The van der Waals surface area contributed by atoms with Gasteiger partial charge < -0.3 is 24.8 Å². The lowest BCUT2D eigenvalue weighted by Crippen LogP contribution is -2.28. The second-order valence-electron chi connectivity index (χ2n) is 6.35. The second kappa shape index (κ2) is 10.5. The van der Waals surface area contributed by atoms with Crippen molar-refractivity contribution in [1.29, 1.82) is 0 Å². The summed E-state index contributed by atoms with van der Waals surface area (Å²) in [5.74, 6) is 3.99. The zero-order valence-corrected chi connectivity index (χ0v) is 18.5. The molecule has 2 aromatic carbocycles. The molecule has 1 aliphatic rings. The van der Waals surface area contributed by atoms with Crippen LogP contribution in [0.5, 0.6) is 17.2 Å². The minimum atomic E-state index is -0.275. The van der Waals surface area contributed by atoms with Crippen LogP contribution in [0.3, 0.4) is 0 Å². The van der Waals surface area contributed by atoms with Crippen LogP contribution in [0.4, 0.5) is 10.5 Å². The van der Waals surface area contributed by atoms with Gasteiger partial charge in [-0.15, -0.1) is 23.5 Å². The normalized spacial score (nSPS) is 14.2. The first-order valence-electron chi connectivity index (χ1n) is 9.32. The molecule has 1 fully saturated rings. The number of carbonyl (C=O) groups is 1. The van der Waals surface area contributed by atoms with E-state index in [0.29, 0.717) is 28.4 Å². The number of urea groups is 1. The highest BCUT2D eigenvalue weighted by Gasteiger charge is 2.18. The van der Waals surface area contributed by atoms with Crippen LogP contribution < -0.4 is 24.8 Å². The van der Waals surface area contributed by atoms with Gasteiger partial charge in [-0.2, -0.15) is 0 Å². The van der Waals surface area contributed by atoms with Crippen LogP contribution in [0.25, 0.3) is 0 Å². The quantitative estimate of drug-likeness (QED) is 0.646. The summed E-state index contributed by atoms with van der Waals surface area (Å²) in [6, 6.07) is 11.4. The molecular weight excluding hydrogens is 408 g/mol. The van der Waals surface area contributed by atoms with Gasteiger partial charge in [0.05, 0.1) is 25.9 Å². The molecule has 1 heterocycles. The van der Waals surface area contributed by atoms with Gasteiger partial charge in [-0.25, -0.2) is 4.79 Å². The average Bonchev–Trinajstić information content (AvgIpc) is 2.77. The van der Waals surface area contributed by atoms with Crippen molar-refractivity contribution in [1.82, 2.24) is 5.32 Å². The highest BCUT2D eigenvalue weighted by atomic mass is 32.2. The van der Waals surface area contributed by atoms with Gasteiger partial charge in [0.25, 0.3) is 0 Å². The lowest BCUT2D eigenvalue weighted by molar-refractivity contribution is 0.251. The average molecular weight is 435 g/mol. The molecule has 0 radical (unpaired) electrons. The molecule has 0 aliphatic carbocycles.